The average Bonchev–Trinajstić information content (AvgIpc) is 2.10. The van der Waals surface area contributed by atoms with Crippen molar-refractivity contribution in [1.82, 2.24) is 4.98 Å². The molecule has 1 atom stereocenters. The van der Waals surface area contributed by atoms with Crippen LogP contribution in [-0.2, 0) is 4.74 Å². The Morgan fingerprint density at radius 2 is 2.38 bits per heavy atom. The molecular formula is C8H11BrN2O2. The summed E-state index contributed by atoms with van der Waals surface area (Å²) in [5.41, 5.74) is 6.14. The maximum atomic E-state index is 11.5. The molecule has 4 nitrogen and oxygen atoms in total. The Kier molecular flexibility index (Phi) is 3.65. The molecule has 0 saturated heterocycles. The number of hydrogen-bond donors (Lipinski definition) is 2. The molecule has 1 heterocycles. The average molecular weight is 247 g/mol. The SMILES string of the molecule is COCC(N)c1c[nH]cc(Br)c1=O. The highest BCUT2D eigenvalue weighted by Gasteiger charge is 2.10. The Morgan fingerprint density at radius 1 is 1.69 bits per heavy atom. The molecule has 1 aromatic rings. The van der Waals surface area contributed by atoms with E-state index in [1.54, 1.807) is 19.5 Å². The van der Waals surface area contributed by atoms with Crippen molar-refractivity contribution >= 4 is 15.9 Å². The Labute approximate surface area is 84.2 Å². The zero-order valence-corrected chi connectivity index (χ0v) is 8.80. The van der Waals surface area contributed by atoms with E-state index in [2.05, 4.69) is 20.9 Å². The topological polar surface area (TPSA) is 68.1 Å². The van der Waals surface area contributed by atoms with Gasteiger partial charge in [0.25, 0.3) is 0 Å². The fourth-order valence-corrected chi connectivity index (χ4v) is 1.38. The minimum absolute atomic E-state index is 0.0942. The fraction of sp³-hybridized carbons (Fsp3) is 0.375. The third-order valence-corrected chi connectivity index (χ3v) is 2.26. The molecule has 1 rings (SSSR count). The van der Waals surface area contributed by atoms with Crippen LogP contribution in [0.2, 0.25) is 0 Å². The van der Waals surface area contributed by atoms with Gasteiger partial charge in [-0.1, -0.05) is 0 Å². The highest BCUT2D eigenvalue weighted by Crippen LogP contribution is 2.07. The van der Waals surface area contributed by atoms with Crippen molar-refractivity contribution in [3.63, 3.8) is 0 Å². The van der Waals surface area contributed by atoms with Gasteiger partial charge in [-0.15, -0.1) is 0 Å². The molecule has 1 aromatic heterocycles. The number of methoxy groups -OCH3 is 1. The summed E-state index contributed by atoms with van der Waals surface area (Å²) in [6.45, 7) is 0.333. The summed E-state index contributed by atoms with van der Waals surface area (Å²) < 4.78 is 5.34. The number of pyridine rings is 1. The van der Waals surface area contributed by atoms with Crippen molar-refractivity contribution in [3.8, 4) is 0 Å². The van der Waals surface area contributed by atoms with E-state index in [-0.39, 0.29) is 11.5 Å². The van der Waals surface area contributed by atoms with Crippen LogP contribution in [0.4, 0.5) is 0 Å². The van der Waals surface area contributed by atoms with Gasteiger partial charge in [-0.05, 0) is 15.9 Å². The van der Waals surface area contributed by atoms with Crippen molar-refractivity contribution in [1.29, 1.82) is 0 Å². The van der Waals surface area contributed by atoms with E-state index < -0.39 is 0 Å². The van der Waals surface area contributed by atoms with Crippen molar-refractivity contribution in [2.24, 2.45) is 5.73 Å². The maximum Gasteiger partial charge on any atom is 0.200 e. The molecule has 0 radical (unpaired) electrons. The summed E-state index contributed by atoms with van der Waals surface area (Å²) in [6, 6.07) is -0.383. The third-order valence-electron chi connectivity index (χ3n) is 1.67. The lowest BCUT2D eigenvalue weighted by atomic mass is 10.1. The molecule has 13 heavy (non-hydrogen) atoms. The van der Waals surface area contributed by atoms with Crippen LogP contribution in [-0.4, -0.2) is 18.7 Å². The van der Waals surface area contributed by atoms with Gasteiger partial charge in [0, 0.05) is 25.1 Å². The van der Waals surface area contributed by atoms with Crippen LogP contribution in [0.25, 0.3) is 0 Å². The largest absolute Gasteiger partial charge is 0.383 e. The lowest BCUT2D eigenvalue weighted by Crippen LogP contribution is -2.24. The number of nitrogens with one attached hydrogen (secondary N) is 1. The molecule has 0 fully saturated rings. The number of H-pyrrole nitrogens is 1. The lowest BCUT2D eigenvalue weighted by Gasteiger charge is -2.09. The van der Waals surface area contributed by atoms with Crippen molar-refractivity contribution in [3.05, 3.63) is 32.7 Å². The second-order valence-electron chi connectivity index (χ2n) is 2.65. The first kappa shape index (κ1) is 10.4. The highest BCUT2D eigenvalue weighted by molar-refractivity contribution is 9.10. The molecule has 0 saturated carbocycles. The molecule has 0 bridgehead atoms. The van der Waals surface area contributed by atoms with E-state index in [4.69, 9.17) is 10.5 Å². The Morgan fingerprint density at radius 3 is 3.00 bits per heavy atom. The van der Waals surface area contributed by atoms with E-state index in [1.165, 1.54) is 0 Å². The van der Waals surface area contributed by atoms with Crippen LogP contribution in [0.15, 0.2) is 21.7 Å². The van der Waals surface area contributed by atoms with Crippen molar-refractivity contribution in [2.75, 3.05) is 13.7 Å². The Hall–Kier alpha value is -0.650. The van der Waals surface area contributed by atoms with Gasteiger partial charge >= 0.3 is 0 Å². The number of aromatic amines is 1. The second kappa shape index (κ2) is 4.55. The number of nitrogens with two attached hydrogens (primary N) is 1. The summed E-state index contributed by atoms with van der Waals surface area (Å²) in [7, 11) is 1.55. The summed E-state index contributed by atoms with van der Waals surface area (Å²) in [6.07, 6.45) is 3.17. The smallest absolute Gasteiger partial charge is 0.200 e. The predicted molar refractivity (Wildman–Crippen MR) is 53.6 cm³/mol. The van der Waals surface area contributed by atoms with Crippen LogP contribution < -0.4 is 11.2 Å². The molecular weight excluding hydrogens is 236 g/mol. The first-order chi connectivity index (χ1) is 6.16. The van der Waals surface area contributed by atoms with E-state index in [0.717, 1.165) is 0 Å². The number of hydrogen-bond acceptors (Lipinski definition) is 3. The second-order valence-corrected chi connectivity index (χ2v) is 3.50. The van der Waals surface area contributed by atoms with Gasteiger partial charge in [-0.2, -0.15) is 0 Å². The zero-order chi connectivity index (χ0) is 9.84. The van der Waals surface area contributed by atoms with Crippen LogP contribution in [0.5, 0.6) is 0 Å². The molecule has 0 aliphatic carbocycles. The third kappa shape index (κ3) is 2.40. The minimum atomic E-state index is -0.383. The van der Waals surface area contributed by atoms with E-state index in [1.807, 2.05) is 0 Å². The van der Waals surface area contributed by atoms with Gasteiger partial charge in [-0.3, -0.25) is 4.79 Å². The molecule has 0 aliphatic rings. The summed E-state index contributed by atoms with van der Waals surface area (Å²) in [5.74, 6) is 0. The molecule has 5 heteroatoms. The van der Waals surface area contributed by atoms with Crippen LogP contribution >= 0.6 is 15.9 Å². The summed E-state index contributed by atoms with van der Waals surface area (Å²) >= 11 is 3.13. The predicted octanol–water partition coefficient (Wildman–Crippen LogP) is 0.784. The molecule has 72 valence electrons. The standard InChI is InChI=1S/C8H11BrN2O2/c1-13-4-7(10)5-2-11-3-6(9)8(5)12/h2-3,7H,4,10H2,1H3,(H,11,12). The van der Waals surface area contributed by atoms with E-state index in [9.17, 15) is 4.79 Å². The van der Waals surface area contributed by atoms with Crippen LogP contribution in [0, 0.1) is 0 Å². The molecule has 3 N–H and O–H groups in total. The first-order valence-corrected chi connectivity index (χ1v) is 4.57. The first-order valence-electron chi connectivity index (χ1n) is 3.77. The minimum Gasteiger partial charge on any atom is -0.383 e. The zero-order valence-electron chi connectivity index (χ0n) is 7.21. The van der Waals surface area contributed by atoms with Crippen LogP contribution in [0.1, 0.15) is 11.6 Å². The lowest BCUT2D eigenvalue weighted by molar-refractivity contribution is 0.180. The normalized spacial score (nSPS) is 12.8. The fourth-order valence-electron chi connectivity index (χ4n) is 1.02. The maximum absolute atomic E-state index is 11.5. The summed E-state index contributed by atoms with van der Waals surface area (Å²) in [5, 5.41) is 0. The molecule has 0 spiro atoms. The monoisotopic (exact) mass is 246 g/mol. The Bertz CT molecular complexity index is 337. The number of aromatic nitrogens is 1. The van der Waals surface area contributed by atoms with Gasteiger partial charge in [0.2, 0.25) is 5.43 Å². The van der Waals surface area contributed by atoms with Gasteiger partial charge in [0.1, 0.15) is 0 Å². The van der Waals surface area contributed by atoms with Crippen molar-refractivity contribution in [2.45, 2.75) is 6.04 Å². The molecule has 0 aliphatic heterocycles. The highest BCUT2D eigenvalue weighted by atomic mass is 79.9. The quantitative estimate of drug-likeness (QED) is 0.829. The Balaban J connectivity index is 3.01. The van der Waals surface area contributed by atoms with E-state index in [0.29, 0.717) is 16.6 Å². The van der Waals surface area contributed by atoms with Gasteiger partial charge in [0.05, 0.1) is 17.1 Å². The molecule has 0 aromatic carbocycles. The van der Waals surface area contributed by atoms with Gasteiger partial charge in [-0.25, -0.2) is 0 Å². The number of halogens is 1. The van der Waals surface area contributed by atoms with Gasteiger partial charge < -0.3 is 15.5 Å². The number of rotatable bonds is 3. The number of ether oxygens (including phenoxy) is 1. The summed E-state index contributed by atoms with van der Waals surface area (Å²) in [4.78, 5) is 14.3. The van der Waals surface area contributed by atoms with Crippen LogP contribution in [0.3, 0.4) is 0 Å². The molecule has 1 unspecified atom stereocenters. The van der Waals surface area contributed by atoms with Gasteiger partial charge in [0.15, 0.2) is 0 Å². The molecule has 0 amide bonds. The van der Waals surface area contributed by atoms with Crippen molar-refractivity contribution < 1.29 is 4.74 Å². The van der Waals surface area contributed by atoms with E-state index >= 15 is 0 Å².